The lowest BCUT2D eigenvalue weighted by Crippen LogP contribution is -2.19. The van der Waals surface area contributed by atoms with Crippen LogP contribution in [0.2, 0.25) is 0 Å². The van der Waals surface area contributed by atoms with Gasteiger partial charge in [0.25, 0.3) is 0 Å². The van der Waals surface area contributed by atoms with E-state index in [1.165, 1.54) is 12.0 Å². The standard InChI is InChI=1S/C22H29N3O2/c1-16(2)11-12-23-14-17-5-8-19(9-6-17)27-15-18-7-10-20-21(13-18)25(4)22(26)24(20)3/h5-10,13,16,23H,11-12,14-15H2,1-4H3. The van der Waals surface area contributed by atoms with E-state index in [9.17, 15) is 4.79 Å². The molecule has 3 rings (SSSR count). The van der Waals surface area contributed by atoms with E-state index in [2.05, 4.69) is 31.3 Å². The highest BCUT2D eigenvalue weighted by Crippen LogP contribution is 2.17. The van der Waals surface area contributed by atoms with Crippen molar-refractivity contribution in [2.75, 3.05) is 6.54 Å². The second kappa shape index (κ2) is 8.44. The van der Waals surface area contributed by atoms with Gasteiger partial charge >= 0.3 is 5.69 Å². The van der Waals surface area contributed by atoms with E-state index in [4.69, 9.17) is 4.74 Å². The lowest BCUT2D eigenvalue weighted by Gasteiger charge is -2.09. The average molecular weight is 367 g/mol. The number of aromatic nitrogens is 2. The molecule has 0 amide bonds. The molecule has 27 heavy (non-hydrogen) atoms. The van der Waals surface area contributed by atoms with Crippen LogP contribution < -0.4 is 15.7 Å². The third-order valence-corrected chi connectivity index (χ3v) is 4.89. The molecule has 1 aromatic heterocycles. The number of benzene rings is 2. The molecule has 1 heterocycles. The van der Waals surface area contributed by atoms with E-state index < -0.39 is 0 Å². The number of nitrogens with one attached hydrogen (secondary N) is 1. The molecule has 3 aromatic rings. The summed E-state index contributed by atoms with van der Waals surface area (Å²) >= 11 is 0. The molecule has 0 atom stereocenters. The van der Waals surface area contributed by atoms with E-state index in [0.717, 1.165) is 41.4 Å². The van der Waals surface area contributed by atoms with Gasteiger partial charge < -0.3 is 10.1 Å². The van der Waals surface area contributed by atoms with Crippen molar-refractivity contribution in [1.82, 2.24) is 14.5 Å². The molecular formula is C22H29N3O2. The number of ether oxygens (including phenoxy) is 1. The van der Waals surface area contributed by atoms with Gasteiger partial charge in [0.05, 0.1) is 11.0 Å². The van der Waals surface area contributed by atoms with Gasteiger partial charge in [-0.15, -0.1) is 0 Å². The zero-order valence-electron chi connectivity index (χ0n) is 16.7. The molecule has 2 aromatic carbocycles. The number of rotatable bonds is 8. The molecule has 0 radical (unpaired) electrons. The molecule has 0 saturated heterocycles. The Kier molecular flexibility index (Phi) is 6.01. The van der Waals surface area contributed by atoms with Crippen LogP contribution in [0.25, 0.3) is 11.0 Å². The van der Waals surface area contributed by atoms with Gasteiger partial charge in [-0.05, 0) is 54.3 Å². The van der Waals surface area contributed by atoms with Gasteiger partial charge in [0.1, 0.15) is 12.4 Å². The summed E-state index contributed by atoms with van der Waals surface area (Å²) in [4.78, 5) is 12.0. The minimum absolute atomic E-state index is 0.0133. The zero-order valence-corrected chi connectivity index (χ0v) is 16.7. The Morgan fingerprint density at radius 2 is 1.63 bits per heavy atom. The van der Waals surface area contributed by atoms with Crippen LogP contribution in [0.1, 0.15) is 31.4 Å². The Hall–Kier alpha value is -2.53. The molecule has 144 valence electrons. The van der Waals surface area contributed by atoms with Gasteiger partial charge in [-0.3, -0.25) is 9.13 Å². The van der Waals surface area contributed by atoms with Gasteiger partial charge in [-0.25, -0.2) is 4.79 Å². The van der Waals surface area contributed by atoms with Crippen LogP contribution in [-0.4, -0.2) is 15.7 Å². The van der Waals surface area contributed by atoms with Crippen molar-refractivity contribution in [2.24, 2.45) is 20.0 Å². The van der Waals surface area contributed by atoms with Crippen LogP contribution >= 0.6 is 0 Å². The maximum absolute atomic E-state index is 12.0. The van der Waals surface area contributed by atoms with E-state index in [0.29, 0.717) is 6.61 Å². The molecule has 0 aliphatic carbocycles. The lowest BCUT2D eigenvalue weighted by molar-refractivity contribution is 0.306. The summed E-state index contributed by atoms with van der Waals surface area (Å²) in [7, 11) is 3.59. The molecule has 0 aliphatic heterocycles. The van der Waals surface area contributed by atoms with Crippen LogP contribution in [0.5, 0.6) is 5.75 Å². The summed E-state index contributed by atoms with van der Waals surface area (Å²) in [6, 6.07) is 14.2. The molecule has 1 N–H and O–H groups in total. The molecule has 0 saturated carbocycles. The summed E-state index contributed by atoms with van der Waals surface area (Å²) in [6.45, 7) is 6.88. The first-order chi connectivity index (χ1) is 13.0. The topological polar surface area (TPSA) is 48.2 Å². The quantitative estimate of drug-likeness (QED) is 0.619. The highest BCUT2D eigenvalue weighted by molar-refractivity contribution is 5.76. The van der Waals surface area contributed by atoms with E-state index >= 15 is 0 Å². The summed E-state index contributed by atoms with van der Waals surface area (Å²) in [5.74, 6) is 1.58. The summed E-state index contributed by atoms with van der Waals surface area (Å²) < 4.78 is 9.24. The first-order valence-corrected chi connectivity index (χ1v) is 9.52. The molecular weight excluding hydrogens is 338 g/mol. The first-order valence-electron chi connectivity index (χ1n) is 9.52. The van der Waals surface area contributed by atoms with Crippen LogP contribution in [0.3, 0.4) is 0 Å². The molecule has 0 fully saturated rings. The minimum atomic E-state index is -0.0133. The smallest absolute Gasteiger partial charge is 0.328 e. The maximum atomic E-state index is 12.0. The summed E-state index contributed by atoms with van der Waals surface area (Å²) in [6.07, 6.45) is 1.19. The van der Waals surface area contributed by atoms with Crippen molar-refractivity contribution >= 4 is 11.0 Å². The highest BCUT2D eigenvalue weighted by atomic mass is 16.5. The molecule has 0 bridgehead atoms. The van der Waals surface area contributed by atoms with Gasteiger partial charge in [0.15, 0.2) is 0 Å². The monoisotopic (exact) mass is 367 g/mol. The summed E-state index contributed by atoms with van der Waals surface area (Å²) in [5, 5.41) is 3.47. The summed E-state index contributed by atoms with van der Waals surface area (Å²) in [5.41, 5.74) is 4.14. The van der Waals surface area contributed by atoms with Crippen LogP contribution in [0.15, 0.2) is 47.3 Å². The minimum Gasteiger partial charge on any atom is -0.489 e. The average Bonchev–Trinajstić information content (AvgIpc) is 2.88. The fraction of sp³-hybridized carbons (Fsp3) is 0.409. The number of imidazole rings is 1. The Bertz CT molecular complexity index is 952. The van der Waals surface area contributed by atoms with Crippen molar-refractivity contribution in [3.8, 4) is 5.75 Å². The Morgan fingerprint density at radius 3 is 2.33 bits per heavy atom. The molecule has 5 heteroatoms. The SMILES string of the molecule is CC(C)CCNCc1ccc(OCc2ccc3c(c2)n(C)c(=O)n3C)cc1. The van der Waals surface area contributed by atoms with Crippen molar-refractivity contribution in [3.63, 3.8) is 0 Å². The number of hydrogen-bond acceptors (Lipinski definition) is 3. The van der Waals surface area contributed by atoms with Crippen molar-refractivity contribution in [2.45, 2.75) is 33.4 Å². The Balaban J connectivity index is 1.58. The number of aryl methyl sites for hydroxylation is 2. The van der Waals surface area contributed by atoms with E-state index in [-0.39, 0.29) is 5.69 Å². The van der Waals surface area contributed by atoms with Gasteiger partial charge in [-0.1, -0.05) is 32.0 Å². The van der Waals surface area contributed by atoms with Crippen molar-refractivity contribution in [3.05, 3.63) is 64.1 Å². The predicted molar refractivity (Wildman–Crippen MR) is 110 cm³/mol. The number of nitrogens with zero attached hydrogens (tertiary/aromatic N) is 2. The maximum Gasteiger partial charge on any atom is 0.328 e. The Labute approximate surface area is 160 Å². The highest BCUT2D eigenvalue weighted by Gasteiger charge is 2.08. The van der Waals surface area contributed by atoms with E-state index in [1.807, 2.05) is 30.3 Å². The lowest BCUT2D eigenvalue weighted by atomic mass is 10.1. The van der Waals surface area contributed by atoms with Gasteiger partial charge in [0, 0.05) is 20.6 Å². The number of hydrogen-bond donors (Lipinski definition) is 1. The van der Waals surface area contributed by atoms with Crippen molar-refractivity contribution < 1.29 is 4.74 Å². The first kappa shape index (κ1) is 19.2. The third kappa shape index (κ3) is 4.61. The zero-order chi connectivity index (χ0) is 19.4. The predicted octanol–water partition coefficient (Wildman–Crippen LogP) is 3.59. The van der Waals surface area contributed by atoms with E-state index in [1.54, 1.807) is 23.2 Å². The largest absolute Gasteiger partial charge is 0.489 e. The second-order valence-electron chi connectivity index (χ2n) is 7.52. The second-order valence-corrected chi connectivity index (χ2v) is 7.52. The van der Waals surface area contributed by atoms with Crippen LogP contribution in [0, 0.1) is 5.92 Å². The van der Waals surface area contributed by atoms with Crippen LogP contribution in [-0.2, 0) is 27.2 Å². The fourth-order valence-corrected chi connectivity index (χ4v) is 3.14. The Morgan fingerprint density at radius 1 is 0.963 bits per heavy atom. The molecule has 0 unspecified atom stereocenters. The van der Waals surface area contributed by atoms with Gasteiger partial charge in [-0.2, -0.15) is 0 Å². The van der Waals surface area contributed by atoms with Gasteiger partial charge in [0.2, 0.25) is 0 Å². The van der Waals surface area contributed by atoms with Crippen LogP contribution in [0.4, 0.5) is 0 Å². The third-order valence-electron chi connectivity index (χ3n) is 4.89. The molecule has 5 nitrogen and oxygen atoms in total. The molecule has 0 aliphatic rings. The normalized spacial score (nSPS) is 11.4. The van der Waals surface area contributed by atoms with Crippen molar-refractivity contribution in [1.29, 1.82) is 0 Å². The molecule has 0 spiro atoms. The number of fused-ring (bicyclic) bond motifs is 1. The fourth-order valence-electron chi connectivity index (χ4n) is 3.14.